The fourth-order valence-electron chi connectivity index (χ4n) is 1.52. The van der Waals surface area contributed by atoms with Gasteiger partial charge in [0.15, 0.2) is 5.69 Å². The zero-order valence-electron chi connectivity index (χ0n) is 11.1. The second kappa shape index (κ2) is 7.08. The molecule has 0 aliphatic heterocycles. The summed E-state index contributed by atoms with van der Waals surface area (Å²) in [6.07, 6.45) is 2.90. The number of carbonyl (C=O) groups is 1. The molecule has 104 valence electrons. The molecule has 0 amide bonds. The summed E-state index contributed by atoms with van der Waals surface area (Å²) in [5, 5.41) is 3.03. The van der Waals surface area contributed by atoms with Gasteiger partial charge in [-0.2, -0.15) is 0 Å². The summed E-state index contributed by atoms with van der Waals surface area (Å²) in [6, 6.07) is 9.52. The third kappa shape index (κ3) is 3.94. The summed E-state index contributed by atoms with van der Waals surface area (Å²) < 4.78 is 10.1. The summed E-state index contributed by atoms with van der Waals surface area (Å²) in [6.45, 7) is 1.03. The number of para-hydroxylation sites is 1. The highest BCUT2D eigenvalue weighted by Gasteiger charge is 2.07. The number of hydrogen-bond donors (Lipinski definition) is 1. The number of hydrogen-bond acceptors (Lipinski definition) is 6. The normalized spacial score (nSPS) is 9.85. The number of methoxy groups -OCH3 is 1. The van der Waals surface area contributed by atoms with Crippen LogP contribution in [-0.4, -0.2) is 36.2 Å². The summed E-state index contributed by atoms with van der Waals surface area (Å²) in [7, 11) is 1.30. The fraction of sp³-hybridized carbons (Fsp3) is 0.214. The second-order valence-corrected chi connectivity index (χ2v) is 3.87. The topological polar surface area (TPSA) is 73.3 Å². The molecule has 0 aliphatic rings. The molecule has 0 unspecified atom stereocenters. The van der Waals surface area contributed by atoms with E-state index in [-0.39, 0.29) is 5.69 Å². The molecule has 2 aromatic rings. The highest BCUT2D eigenvalue weighted by Crippen LogP contribution is 2.08. The van der Waals surface area contributed by atoms with Crippen molar-refractivity contribution in [3.05, 3.63) is 48.4 Å². The molecule has 6 heteroatoms. The first-order chi connectivity index (χ1) is 9.79. The predicted octanol–water partition coefficient (Wildman–Crippen LogP) is 1.75. The van der Waals surface area contributed by atoms with Crippen molar-refractivity contribution < 1.29 is 14.3 Å². The van der Waals surface area contributed by atoms with Crippen molar-refractivity contribution in [2.24, 2.45) is 0 Å². The smallest absolute Gasteiger partial charge is 0.358 e. The number of nitrogens with zero attached hydrogens (tertiary/aromatic N) is 2. The first-order valence-corrected chi connectivity index (χ1v) is 6.11. The SMILES string of the molecule is COC(=O)c1cncc(NCCOc2ccccc2)n1. The van der Waals surface area contributed by atoms with E-state index < -0.39 is 5.97 Å². The molecule has 1 heterocycles. The fourth-order valence-corrected chi connectivity index (χ4v) is 1.52. The number of carbonyl (C=O) groups excluding carboxylic acids is 1. The molecule has 0 spiro atoms. The van der Waals surface area contributed by atoms with Crippen LogP contribution >= 0.6 is 0 Å². The number of aromatic nitrogens is 2. The summed E-state index contributed by atoms with van der Waals surface area (Å²) >= 11 is 0. The maximum Gasteiger partial charge on any atom is 0.358 e. The molecule has 1 N–H and O–H groups in total. The van der Waals surface area contributed by atoms with Gasteiger partial charge in [-0.15, -0.1) is 0 Å². The molecule has 1 aromatic heterocycles. The van der Waals surface area contributed by atoms with E-state index in [1.807, 2.05) is 30.3 Å². The van der Waals surface area contributed by atoms with Gasteiger partial charge in [0.1, 0.15) is 18.2 Å². The van der Waals surface area contributed by atoms with Crippen molar-refractivity contribution >= 4 is 11.8 Å². The van der Waals surface area contributed by atoms with Gasteiger partial charge >= 0.3 is 5.97 Å². The monoisotopic (exact) mass is 273 g/mol. The van der Waals surface area contributed by atoms with Crippen LogP contribution in [0.4, 0.5) is 5.82 Å². The van der Waals surface area contributed by atoms with Crippen molar-refractivity contribution in [2.75, 3.05) is 25.6 Å². The molecule has 0 saturated heterocycles. The van der Waals surface area contributed by atoms with Gasteiger partial charge in [-0.25, -0.2) is 9.78 Å². The van der Waals surface area contributed by atoms with Crippen LogP contribution < -0.4 is 10.1 Å². The molecule has 2 rings (SSSR count). The van der Waals surface area contributed by atoms with Gasteiger partial charge in [0.05, 0.1) is 26.0 Å². The van der Waals surface area contributed by atoms with Gasteiger partial charge < -0.3 is 14.8 Å². The lowest BCUT2D eigenvalue weighted by molar-refractivity contribution is 0.0593. The van der Waals surface area contributed by atoms with Crippen LogP contribution in [0.15, 0.2) is 42.7 Å². The first kappa shape index (κ1) is 13.8. The summed E-state index contributed by atoms with van der Waals surface area (Å²) in [4.78, 5) is 19.3. The summed E-state index contributed by atoms with van der Waals surface area (Å²) in [5.41, 5.74) is 0.168. The maximum atomic E-state index is 11.3. The molecule has 0 atom stereocenters. The zero-order chi connectivity index (χ0) is 14.2. The van der Waals surface area contributed by atoms with Crippen LogP contribution in [0.1, 0.15) is 10.5 Å². The van der Waals surface area contributed by atoms with Gasteiger partial charge in [-0.05, 0) is 12.1 Å². The molecule has 1 aromatic carbocycles. The highest BCUT2D eigenvalue weighted by atomic mass is 16.5. The van der Waals surface area contributed by atoms with Crippen molar-refractivity contribution in [3.8, 4) is 5.75 Å². The Bertz CT molecular complexity index is 561. The predicted molar refractivity (Wildman–Crippen MR) is 73.8 cm³/mol. The zero-order valence-corrected chi connectivity index (χ0v) is 11.1. The molecule has 20 heavy (non-hydrogen) atoms. The standard InChI is InChI=1S/C14H15N3O3/c1-19-14(18)12-9-15-10-13(17-12)16-7-8-20-11-5-3-2-4-6-11/h2-6,9-10H,7-8H2,1H3,(H,16,17). The molecular weight excluding hydrogens is 258 g/mol. The van der Waals surface area contributed by atoms with Crippen molar-refractivity contribution in [2.45, 2.75) is 0 Å². The molecule has 0 fully saturated rings. The van der Waals surface area contributed by atoms with Gasteiger partial charge in [0.25, 0.3) is 0 Å². The van der Waals surface area contributed by atoms with Crippen LogP contribution in [0.25, 0.3) is 0 Å². The van der Waals surface area contributed by atoms with Crippen LogP contribution in [0, 0.1) is 0 Å². The van der Waals surface area contributed by atoms with Gasteiger partial charge in [-0.3, -0.25) is 4.98 Å². The third-order valence-corrected chi connectivity index (χ3v) is 2.45. The second-order valence-electron chi connectivity index (χ2n) is 3.87. The van der Waals surface area contributed by atoms with Crippen LogP contribution in [-0.2, 0) is 4.74 Å². The molecule has 6 nitrogen and oxygen atoms in total. The van der Waals surface area contributed by atoms with E-state index in [0.717, 1.165) is 5.75 Å². The minimum atomic E-state index is -0.512. The third-order valence-electron chi connectivity index (χ3n) is 2.45. The quantitative estimate of drug-likeness (QED) is 0.638. The van der Waals surface area contributed by atoms with E-state index in [2.05, 4.69) is 20.0 Å². The van der Waals surface area contributed by atoms with E-state index in [9.17, 15) is 4.79 Å². The Morgan fingerprint density at radius 2 is 2.05 bits per heavy atom. The Morgan fingerprint density at radius 3 is 2.80 bits per heavy atom. The van der Waals surface area contributed by atoms with Gasteiger partial charge in [0, 0.05) is 0 Å². The molecule has 0 bridgehead atoms. The van der Waals surface area contributed by atoms with E-state index in [1.165, 1.54) is 19.5 Å². The van der Waals surface area contributed by atoms with Crippen molar-refractivity contribution in [1.82, 2.24) is 9.97 Å². The number of benzene rings is 1. The Kier molecular flexibility index (Phi) is 4.88. The number of rotatable bonds is 6. The molecule has 0 radical (unpaired) electrons. The minimum Gasteiger partial charge on any atom is -0.492 e. The molecular formula is C14H15N3O3. The van der Waals surface area contributed by atoms with Crippen LogP contribution in [0.3, 0.4) is 0 Å². The number of anilines is 1. The van der Waals surface area contributed by atoms with Gasteiger partial charge in [-0.1, -0.05) is 18.2 Å². The number of esters is 1. The van der Waals surface area contributed by atoms with E-state index in [0.29, 0.717) is 19.0 Å². The van der Waals surface area contributed by atoms with Crippen LogP contribution in [0.2, 0.25) is 0 Å². The van der Waals surface area contributed by atoms with Gasteiger partial charge in [0.2, 0.25) is 0 Å². The lowest BCUT2D eigenvalue weighted by Crippen LogP contribution is -2.14. The lowest BCUT2D eigenvalue weighted by atomic mass is 10.3. The Balaban J connectivity index is 1.81. The average molecular weight is 273 g/mol. The Hall–Kier alpha value is -2.63. The van der Waals surface area contributed by atoms with E-state index >= 15 is 0 Å². The largest absolute Gasteiger partial charge is 0.492 e. The lowest BCUT2D eigenvalue weighted by Gasteiger charge is -2.08. The highest BCUT2D eigenvalue weighted by molar-refractivity contribution is 5.87. The van der Waals surface area contributed by atoms with E-state index in [1.54, 1.807) is 0 Å². The first-order valence-electron chi connectivity index (χ1n) is 6.11. The van der Waals surface area contributed by atoms with Crippen molar-refractivity contribution in [3.63, 3.8) is 0 Å². The van der Waals surface area contributed by atoms with Crippen LogP contribution in [0.5, 0.6) is 5.75 Å². The molecule has 0 aliphatic carbocycles. The Labute approximate surface area is 116 Å². The number of nitrogens with one attached hydrogen (secondary N) is 1. The Morgan fingerprint density at radius 1 is 1.25 bits per heavy atom. The van der Waals surface area contributed by atoms with Crippen molar-refractivity contribution in [1.29, 1.82) is 0 Å². The average Bonchev–Trinajstić information content (AvgIpc) is 2.52. The molecule has 0 saturated carbocycles. The number of ether oxygens (including phenoxy) is 2. The van der Waals surface area contributed by atoms with E-state index in [4.69, 9.17) is 4.74 Å². The summed E-state index contributed by atoms with van der Waals surface area (Å²) in [5.74, 6) is 0.801. The maximum absolute atomic E-state index is 11.3. The minimum absolute atomic E-state index is 0.168.